The molecule has 2 heteroatoms. The first-order chi connectivity index (χ1) is 2.91. The standard InChI is InChI=1S/C4H8O2/c1-2-3-4-6-5/h3-5H,2H2,1H3/b4-3+. The van der Waals surface area contributed by atoms with E-state index < -0.39 is 0 Å². The molecule has 0 aliphatic heterocycles. The maximum atomic E-state index is 7.61. The predicted molar refractivity (Wildman–Crippen MR) is 23.1 cm³/mol. The molecule has 0 saturated carbocycles. The van der Waals surface area contributed by atoms with Crippen molar-refractivity contribution in [2.75, 3.05) is 0 Å². The Morgan fingerprint density at radius 2 is 2.50 bits per heavy atom. The first kappa shape index (κ1) is 5.50. The average Bonchev–Trinajstić information content (AvgIpc) is 1.61. The normalized spacial score (nSPS) is 9.67. The molecule has 0 aliphatic carbocycles. The van der Waals surface area contributed by atoms with Crippen molar-refractivity contribution in [3.8, 4) is 0 Å². The van der Waals surface area contributed by atoms with Crippen LogP contribution >= 0.6 is 0 Å². The molecular formula is C4H8O2. The lowest BCUT2D eigenvalue weighted by Crippen LogP contribution is -1.62. The van der Waals surface area contributed by atoms with E-state index in [1.165, 1.54) is 6.26 Å². The van der Waals surface area contributed by atoms with Crippen LogP contribution in [0.1, 0.15) is 13.3 Å². The molecule has 1 N–H and O–H groups in total. The van der Waals surface area contributed by atoms with Crippen LogP contribution in [-0.4, -0.2) is 5.26 Å². The fourth-order valence-electron chi connectivity index (χ4n) is 0.139. The van der Waals surface area contributed by atoms with Crippen LogP contribution in [-0.2, 0) is 4.89 Å². The van der Waals surface area contributed by atoms with Gasteiger partial charge in [-0.25, -0.2) is 5.26 Å². The van der Waals surface area contributed by atoms with E-state index in [1.54, 1.807) is 6.08 Å². The van der Waals surface area contributed by atoms with Crippen LogP contribution < -0.4 is 0 Å². The molecule has 0 unspecified atom stereocenters. The zero-order chi connectivity index (χ0) is 4.83. The van der Waals surface area contributed by atoms with Gasteiger partial charge in [-0.3, -0.25) is 0 Å². The van der Waals surface area contributed by atoms with Gasteiger partial charge in [0.05, 0.1) is 0 Å². The first-order valence-corrected chi connectivity index (χ1v) is 1.87. The van der Waals surface area contributed by atoms with Crippen molar-refractivity contribution in [1.29, 1.82) is 0 Å². The van der Waals surface area contributed by atoms with Gasteiger partial charge in [-0.05, 0) is 12.5 Å². The maximum Gasteiger partial charge on any atom is 0.125 e. The van der Waals surface area contributed by atoms with Gasteiger partial charge in [-0.2, -0.15) is 0 Å². The molecule has 0 spiro atoms. The van der Waals surface area contributed by atoms with Crippen molar-refractivity contribution in [2.45, 2.75) is 13.3 Å². The average molecular weight is 88.1 g/mol. The Kier molecular flexibility index (Phi) is 4.12. The topological polar surface area (TPSA) is 29.5 Å². The van der Waals surface area contributed by atoms with E-state index in [4.69, 9.17) is 5.26 Å². The van der Waals surface area contributed by atoms with Crippen molar-refractivity contribution in [2.24, 2.45) is 0 Å². The summed E-state index contributed by atoms with van der Waals surface area (Å²) in [5.74, 6) is 0. The van der Waals surface area contributed by atoms with Crippen LogP contribution in [0.3, 0.4) is 0 Å². The van der Waals surface area contributed by atoms with Crippen LogP contribution in [0.25, 0.3) is 0 Å². The van der Waals surface area contributed by atoms with Crippen molar-refractivity contribution >= 4 is 0 Å². The minimum Gasteiger partial charge on any atom is -0.349 e. The molecule has 0 bridgehead atoms. The quantitative estimate of drug-likeness (QED) is 0.314. The molecule has 6 heavy (non-hydrogen) atoms. The fraction of sp³-hybridized carbons (Fsp3) is 0.500. The Hall–Kier alpha value is -0.500. The monoisotopic (exact) mass is 88.1 g/mol. The molecule has 2 nitrogen and oxygen atoms in total. The number of allylic oxidation sites excluding steroid dienone is 1. The summed E-state index contributed by atoms with van der Waals surface area (Å²) in [6.45, 7) is 1.95. The van der Waals surface area contributed by atoms with E-state index in [0.29, 0.717) is 0 Å². The summed E-state index contributed by atoms with van der Waals surface area (Å²) in [5.41, 5.74) is 0. The van der Waals surface area contributed by atoms with Crippen molar-refractivity contribution in [1.82, 2.24) is 0 Å². The lowest BCUT2D eigenvalue weighted by Gasteiger charge is -1.76. The third kappa shape index (κ3) is 3.50. The number of hydrogen-bond acceptors (Lipinski definition) is 2. The van der Waals surface area contributed by atoms with Crippen LogP contribution in [0, 0.1) is 0 Å². The highest BCUT2D eigenvalue weighted by Gasteiger charge is 1.60. The summed E-state index contributed by atoms with van der Waals surface area (Å²) >= 11 is 0. The van der Waals surface area contributed by atoms with Gasteiger partial charge in [0.25, 0.3) is 0 Å². The van der Waals surface area contributed by atoms with Crippen LogP contribution in [0.4, 0.5) is 0 Å². The first-order valence-electron chi connectivity index (χ1n) is 1.87. The molecule has 0 radical (unpaired) electrons. The van der Waals surface area contributed by atoms with E-state index in [1.807, 2.05) is 6.92 Å². The molecule has 0 aromatic carbocycles. The molecular weight excluding hydrogens is 80.0 g/mol. The molecule has 0 heterocycles. The summed E-state index contributed by atoms with van der Waals surface area (Å²) < 4.78 is 0. The van der Waals surface area contributed by atoms with Gasteiger partial charge in [-0.1, -0.05) is 6.92 Å². The minimum absolute atomic E-state index is 0.889. The number of rotatable bonds is 2. The van der Waals surface area contributed by atoms with Crippen LogP contribution in [0.5, 0.6) is 0 Å². The lowest BCUT2D eigenvalue weighted by molar-refractivity contribution is -0.186. The highest BCUT2D eigenvalue weighted by atomic mass is 17.1. The van der Waals surface area contributed by atoms with E-state index in [2.05, 4.69) is 4.89 Å². The molecule has 0 atom stereocenters. The van der Waals surface area contributed by atoms with E-state index in [0.717, 1.165) is 6.42 Å². The summed E-state index contributed by atoms with van der Waals surface area (Å²) in [5, 5.41) is 7.61. The zero-order valence-corrected chi connectivity index (χ0v) is 3.72. The minimum atomic E-state index is 0.889. The summed E-state index contributed by atoms with van der Waals surface area (Å²) in [6.07, 6.45) is 3.83. The molecule has 0 aromatic rings. The van der Waals surface area contributed by atoms with E-state index in [-0.39, 0.29) is 0 Å². The summed E-state index contributed by atoms with van der Waals surface area (Å²) in [7, 11) is 0. The highest BCUT2D eigenvalue weighted by Crippen LogP contribution is 1.76. The molecule has 0 amide bonds. The lowest BCUT2D eigenvalue weighted by atomic mass is 10.5. The van der Waals surface area contributed by atoms with Crippen molar-refractivity contribution in [3.05, 3.63) is 12.3 Å². The Morgan fingerprint density at radius 1 is 1.83 bits per heavy atom. The molecule has 0 aliphatic rings. The van der Waals surface area contributed by atoms with Crippen molar-refractivity contribution in [3.63, 3.8) is 0 Å². The highest BCUT2D eigenvalue weighted by molar-refractivity contribution is 4.68. The van der Waals surface area contributed by atoms with Gasteiger partial charge in [0.1, 0.15) is 6.26 Å². The smallest absolute Gasteiger partial charge is 0.125 e. The van der Waals surface area contributed by atoms with E-state index in [9.17, 15) is 0 Å². The summed E-state index contributed by atoms with van der Waals surface area (Å²) in [6, 6.07) is 0. The zero-order valence-electron chi connectivity index (χ0n) is 3.72. The molecule has 0 aromatic heterocycles. The van der Waals surface area contributed by atoms with Crippen molar-refractivity contribution < 1.29 is 10.1 Å². The van der Waals surface area contributed by atoms with Gasteiger partial charge in [0.15, 0.2) is 0 Å². The molecule has 0 saturated heterocycles. The van der Waals surface area contributed by atoms with Crippen LogP contribution in [0.2, 0.25) is 0 Å². The Morgan fingerprint density at radius 3 is 2.67 bits per heavy atom. The predicted octanol–water partition coefficient (Wildman–Crippen LogP) is 1.40. The number of hydrogen-bond donors (Lipinski definition) is 1. The Labute approximate surface area is 37.0 Å². The van der Waals surface area contributed by atoms with Gasteiger partial charge < -0.3 is 4.89 Å². The third-order valence-corrected chi connectivity index (χ3v) is 0.393. The second-order valence-corrected chi connectivity index (χ2v) is 0.885. The molecule has 0 rings (SSSR count). The fourth-order valence-corrected chi connectivity index (χ4v) is 0.139. The third-order valence-electron chi connectivity index (χ3n) is 0.393. The summed E-state index contributed by atoms with van der Waals surface area (Å²) in [4.78, 5) is 3.60. The van der Waals surface area contributed by atoms with E-state index >= 15 is 0 Å². The SMILES string of the molecule is CC/C=C/OO. The largest absolute Gasteiger partial charge is 0.349 e. The second-order valence-electron chi connectivity index (χ2n) is 0.885. The Balaban J connectivity index is 2.73. The van der Waals surface area contributed by atoms with Gasteiger partial charge >= 0.3 is 0 Å². The van der Waals surface area contributed by atoms with Gasteiger partial charge in [-0.15, -0.1) is 0 Å². The van der Waals surface area contributed by atoms with Gasteiger partial charge in [0.2, 0.25) is 0 Å². The molecule has 36 valence electrons. The molecule has 0 fully saturated rings. The Bertz CT molecular complexity index is 34.8. The second kappa shape index (κ2) is 4.50. The van der Waals surface area contributed by atoms with Gasteiger partial charge in [0, 0.05) is 0 Å². The van der Waals surface area contributed by atoms with Crippen LogP contribution in [0.15, 0.2) is 12.3 Å². The maximum absolute atomic E-state index is 7.61.